The smallest absolute Gasteiger partial charge is 0.289 e. The zero-order chi connectivity index (χ0) is 20.1. The first-order valence-electron chi connectivity index (χ1n) is 9.88. The van der Waals surface area contributed by atoms with Gasteiger partial charge in [-0.15, -0.1) is 0 Å². The van der Waals surface area contributed by atoms with Gasteiger partial charge in [0.1, 0.15) is 5.76 Å². The van der Waals surface area contributed by atoms with E-state index in [-0.39, 0.29) is 17.7 Å². The van der Waals surface area contributed by atoms with Gasteiger partial charge >= 0.3 is 0 Å². The molecule has 2 amide bonds. The standard InChI is InChI=1S/C23H24N2O4/c26-22(24-10-12-25(13-11-24)23(27)21-9-5-15-29-21)17-19(20-8-4-14-28-20)16-18-6-2-1-3-7-18/h1-9,14-15,19H,10-13,16-17H2. The van der Waals surface area contributed by atoms with E-state index >= 15 is 0 Å². The molecule has 0 saturated carbocycles. The molecule has 1 aliphatic rings. The Labute approximate surface area is 169 Å². The fourth-order valence-electron chi connectivity index (χ4n) is 3.75. The fourth-order valence-corrected chi connectivity index (χ4v) is 3.75. The maximum Gasteiger partial charge on any atom is 0.289 e. The molecule has 6 heteroatoms. The number of carbonyl (C=O) groups excluding carboxylic acids is 2. The highest BCUT2D eigenvalue weighted by Crippen LogP contribution is 2.26. The summed E-state index contributed by atoms with van der Waals surface area (Å²) in [7, 11) is 0. The Morgan fingerprint density at radius 3 is 2.17 bits per heavy atom. The highest BCUT2D eigenvalue weighted by molar-refractivity contribution is 5.91. The first-order chi connectivity index (χ1) is 14.2. The summed E-state index contributed by atoms with van der Waals surface area (Å²) in [5.74, 6) is 1.12. The molecule has 6 nitrogen and oxygen atoms in total. The molecule has 0 spiro atoms. The summed E-state index contributed by atoms with van der Waals surface area (Å²) in [6.07, 6.45) is 4.27. The molecule has 0 radical (unpaired) electrons. The van der Waals surface area contributed by atoms with Crippen LogP contribution in [-0.4, -0.2) is 47.8 Å². The first kappa shape index (κ1) is 19.1. The summed E-state index contributed by atoms with van der Waals surface area (Å²) in [5, 5.41) is 0. The van der Waals surface area contributed by atoms with Gasteiger partial charge < -0.3 is 18.6 Å². The second-order valence-corrected chi connectivity index (χ2v) is 7.26. The van der Waals surface area contributed by atoms with E-state index in [1.165, 1.54) is 11.8 Å². The molecule has 150 valence electrons. The zero-order valence-electron chi connectivity index (χ0n) is 16.2. The van der Waals surface area contributed by atoms with E-state index in [9.17, 15) is 9.59 Å². The minimum atomic E-state index is -0.125. The van der Waals surface area contributed by atoms with Crippen molar-refractivity contribution in [3.05, 3.63) is 84.2 Å². The van der Waals surface area contributed by atoms with Gasteiger partial charge in [0.2, 0.25) is 5.91 Å². The van der Waals surface area contributed by atoms with Gasteiger partial charge in [-0.2, -0.15) is 0 Å². The quantitative estimate of drug-likeness (QED) is 0.643. The molecule has 0 N–H and O–H groups in total. The van der Waals surface area contributed by atoms with Crippen LogP contribution in [0.2, 0.25) is 0 Å². The summed E-state index contributed by atoms with van der Waals surface area (Å²) < 4.78 is 10.8. The molecule has 3 heterocycles. The topological polar surface area (TPSA) is 66.9 Å². The molecule has 1 aromatic carbocycles. The maximum atomic E-state index is 13.0. The van der Waals surface area contributed by atoms with Crippen molar-refractivity contribution in [3.8, 4) is 0 Å². The normalized spacial score (nSPS) is 15.3. The Hall–Kier alpha value is -3.28. The van der Waals surface area contributed by atoms with Crippen LogP contribution in [0.25, 0.3) is 0 Å². The van der Waals surface area contributed by atoms with E-state index in [0.717, 1.165) is 12.2 Å². The van der Waals surface area contributed by atoms with E-state index in [2.05, 4.69) is 12.1 Å². The number of carbonyl (C=O) groups is 2. The molecular formula is C23H24N2O4. The largest absolute Gasteiger partial charge is 0.469 e. The molecule has 1 aliphatic heterocycles. The number of benzene rings is 1. The third-order valence-corrected chi connectivity index (χ3v) is 5.34. The molecule has 1 fully saturated rings. The van der Waals surface area contributed by atoms with Gasteiger partial charge in [0, 0.05) is 38.5 Å². The first-order valence-corrected chi connectivity index (χ1v) is 9.88. The van der Waals surface area contributed by atoms with Crippen LogP contribution >= 0.6 is 0 Å². The molecule has 1 saturated heterocycles. The van der Waals surface area contributed by atoms with Gasteiger partial charge in [0.05, 0.1) is 12.5 Å². The van der Waals surface area contributed by atoms with Crippen molar-refractivity contribution in [2.75, 3.05) is 26.2 Å². The third kappa shape index (κ3) is 4.59. The second-order valence-electron chi connectivity index (χ2n) is 7.26. The molecule has 1 unspecified atom stereocenters. The lowest BCUT2D eigenvalue weighted by Gasteiger charge is -2.35. The molecule has 0 aliphatic carbocycles. The Morgan fingerprint density at radius 2 is 1.52 bits per heavy atom. The molecule has 3 aromatic rings. The fraction of sp³-hybridized carbons (Fsp3) is 0.304. The summed E-state index contributed by atoms with van der Waals surface area (Å²) in [5.41, 5.74) is 1.18. The van der Waals surface area contributed by atoms with Crippen LogP contribution in [0, 0.1) is 0 Å². The van der Waals surface area contributed by atoms with Crippen LogP contribution in [0.4, 0.5) is 0 Å². The predicted molar refractivity (Wildman–Crippen MR) is 107 cm³/mol. The van der Waals surface area contributed by atoms with Gasteiger partial charge in [0.25, 0.3) is 5.91 Å². The van der Waals surface area contributed by atoms with Gasteiger partial charge in [0.15, 0.2) is 5.76 Å². The lowest BCUT2D eigenvalue weighted by Crippen LogP contribution is -2.50. The molecule has 29 heavy (non-hydrogen) atoms. The van der Waals surface area contributed by atoms with E-state index < -0.39 is 0 Å². The van der Waals surface area contributed by atoms with Gasteiger partial charge in [-0.05, 0) is 36.2 Å². The van der Waals surface area contributed by atoms with Crippen LogP contribution in [-0.2, 0) is 11.2 Å². The average Bonchev–Trinajstić information content (AvgIpc) is 3.48. The highest BCUT2D eigenvalue weighted by Gasteiger charge is 2.28. The number of rotatable bonds is 6. The lowest BCUT2D eigenvalue weighted by atomic mass is 9.93. The van der Waals surface area contributed by atoms with Gasteiger partial charge in [-0.1, -0.05) is 30.3 Å². The van der Waals surface area contributed by atoms with Crippen molar-refractivity contribution < 1.29 is 18.4 Å². The van der Waals surface area contributed by atoms with E-state index in [1.54, 1.807) is 23.3 Å². The number of piperazine rings is 1. The SMILES string of the molecule is O=C(CC(Cc1ccccc1)c1ccco1)N1CCN(C(=O)c2ccco2)CC1. The van der Waals surface area contributed by atoms with Crippen molar-refractivity contribution in [2.45, 2.75) is 18.8 Å². The second kappa shape index (κ2) is 8.82. The summed E-state index contributed by atoms with van der Waals surface area (Å²) in [4.78, 5) is 28.9. The van der Waals surface area contributed by atoms with Crippen molar-refractivity contribution >= 4 is 11.8 Å². The average molecular weight is 392 g/mol. The molecule has 0 bridgehead atoms. The van der Waals surface area contributed by atoms with Crippen molar-refractivity contribution in [2.24, 2.45) is 0 Å². The van der Waals surface area contributed by atoms with Gasteiger partial charge in [-0.25, -0.2) is 0 Å². The van der Waals surface area contributed by atoms with Crippen LogP contribution in [0.1, 0.15) is 34.2 Å². The number of amides is 2. The van der Waals surface area contributed by atoms with Crippen molar-refractivity contribution in [1.82, 2.24) is 9.80 Å². The Bertz CT molecular complexity index is 911. The van der Waals surface area contributed by atoms with E-state index in [0.29, 0.717) is 38.4 Å². The van der Waals surface area contributed by atoms with Gasteiger partial charge in [-0.3, -0.25) is 9.59 Å². The maximum absolute atomic E-state index is 13.0. The minimum Gasteiger partial charge on any atom is -0.469 e. The number of hydrogen-bond acceptors (Lipinski definition) is 4. The highest BCUT2D eigenvalue weighted by atomic mass is 16.3. The van der Waals surface area contributed by atoms with E-state index in [4.69, 9.17) is 8.83 Å². The summed E-state index contributed by atoms with van der Waals surface area (Å²) in [6, 6.07) is 17.3. The molecule has 1 atom stereocenters. The number of hydrogen-bond donors (Lipinski definition) is 0. The number of nitrogens with zero attached hydrogens (tertiary/aromatic N) is 2. The van der Waals surface area contributed by atoms with Crippen LogP contribution < -0.4 is 0 Å². The zero-order valence-corrected chi connectivity index (χ0v) is 16.2. The Kier molecular flexibility index (Phi) is 5.79. The van der Waals surface area contributed by atoms with Crippen molar-refractivity contribution in [3.63, 3.8) is 0 Å². The molecule has 2 aromatic heterocycles. The minimum absolute atomic E-state index is 0.0114. The van der Waals surface area contributed by atoms with Crippen molar-refractivity contribution in [1.29, 1.82) is 0 Å². The van der Waals surface area contributed by atoms with Crippen LogP contribution in [0.5, 0.6) is 0 Å². The Morgan fingerprint density at radius 1 is 0.828 bits per heavy atom. The lowest BCUT2D eigenvalue weighted by molar-refractivity contribution is -0.133. The van der Waals surface area contributed by atoms with E-state index in [1.807, 2.05) is 35.2 Å². The molecular weight excluding hydrogens is 368 g/mol. The monoisotopic (exact) mass is 392 g/mol. The summed E-state index contributed by atoms with van der Waals surface area (Å²) in [6.45, 7) is 2.08. The Balaban J connectivity index is 1.36. The third-order valence-electron chi connectivity index (χ3n) is 5.34. The van der Waals surface area contributed by atoms with Crippen LogP contribution in [0.3, 0.4) is 0 Å². The molecule has 4 rings (SSSR count). The summed E-state index contributed by atoms with van der Waals surface area (Å²) >= 11 is 0. The van der Waals surface area contributed by atoms with Crippen LogP contribution in [0.15, 0.2) is 76.0 Å². The number of furan rings is 2. The predicted octanol–water partition coefficient (Wildman–Crippen LogP) is 3.57.